The minimum absolute atomic E-state index is 0.143. The first kappa shape index (κ1) is 13.3. The van der Waals surface area contributed by atoms with Crippen molar-refractivity contribution in [2.24, 2.45) is 5.73 Å². The summed E-state index contributed by atoms with van der Waals surface area (Å²) in [6.07, 6.45) is 0.837. The van der Waals surface area contributed by atoms with Gasteiger partial charge >= 0.3 is 0 Å². The highest BCUT2D eigenvalue weighted by Crippen LogP contribution is 2.34. The van der Waals surface area contributed by atoms with E-state index >= 15 is 0 Å². The van der Waals surface area contributed by atoms with Crippen molar-refractivity contribution >= 4 is 11.6 Å². The molecule has 0 saturated heterocycles. The van der Waals surface area contributed by atoms with E-state index in [4.69, 9.17) is 22.1 Å². The van der Waals surface area contributed by atoms with Crippen LogP contribution in [0.5, 0.6) is 5.75 Å². The van der Waals surface area contributed by atoms with Crippen molar-refractivity contribution in [3.05, 3.63) is 28.3 Å². The lowest BCUT2D eigenvalue weighted by molar-refractivity contribution is 0.407. The molecule has 0 saturated carbocycles. The minimum Gasteiger partial charge on any atom is -0.495 e. The van der Waals surface area contributed by atoms with Gasteiger partial charge in [-0.1, -0.05) is 31.5 Å². The Morgan fingerprint density at radius 2 is 1.94 bits per heavy atom. The Kier molecular flexibility index (Phi) is 4.63. The Hall–Kier alpha value is -0.730. The third-order valence-corrected chi connectivity index (χ3v) is 2.80. The molecule has 16 heavy (non-hydrogen) atoms. The van der Waals surface area contributed by atoms with Gasteiger partial charge in [0.05, 0.1) is 12.1 Å². The zero-order chi connectivity index (χ0) is 12.3. The predicted octanol–water partition coefficient (Wildman–Crippen LogP) is 3.36. The molecule has 0 radical (unpaired) electrons. The van der Waals surface area contributed by atoms with Crippen molar-refractivity contribution in [3.63, 3.8) is 0 Å². The van der Waals surface area contributed by atoms with E-state index in [9.17, 15) is 0 Å². The molecule has 0 spiro atoms. The Bertz CT molecular complexity index is 361. The fraction of sp³-hybridized carbons (Fsp3) is 0.538. The molecule has 0 aromatic heterocycles. The monoisotopic (exact) mass is 241 g/mol. The van der Waals surface area contributed by atoms with E-state index in [0.717, 1.165) is 17.7 Å². The lowest BCUT2D eigenvalue weighted by Gasteiger charge is -2.16. The van der Waals surface area contributed by atoms with Gasteiger partial charge in [-0.05, 0) is 36.5 Å². The number of methoxy groups -OCH3 is 1. The van der Waals surface area contributed by atoms with Gasteiger partial charge in [0.2, 0.25) is 0 Å². The number of ether oxygens (including phenoxy) is 1. The van der Waals surface area contributed by atoms with E-state index in [-0.39, 0.29) is 6.04 Å². The first-order valence-corrected chi connectivity index (χ1v) is 5.95. The summed E-state index contributed by atoms with van der Waals surface area (Å²) in [5, 5.41) is 0.671. The molecule has 1 rings (SSSR count). The van der Waals surface area contributed by atoms with Gasteiger partial charge in [0.15, 0.2) is 0 Å². The zero-order valence-electron chi connectivity index (χ0n) is 10.4. The summed E-state index contributed by atoms with van der Waals surface area (Å²) in [6, 6.07) is 4.22. The third kappa shape index (κ3) is 3.13. The molecule has 0 aliphatic heterocycles. The average molecular weight is 242 g/mol. The van der Waals surface area contributed by atoms with Gasteiger partial charge in [-0.3, -0.25) is 0 Å². The smallest absolute Gasteiger partial charge is 0.140 e. The Balaban J connectivity index is 3.17. The lowest BCUT2D eigenvalue weighted by Crippen LogP contribution is -2.18. The van der Waals surface area contributed by atoms with Gasteiger partial charge < -0.3 is 10.5 Å². The second-order valence-electron chi connectivity index (χ2n) is 4.54. The van der Waals surface area contributed by atoms with Crippen molar-refractivity contribution in [2.75, 3.05) is 7.11 Å². The van der Waals surface area contributed by atoms with E-state index in [0.29, 0.717) is 10.9 Å². The SMILES string of the molecule is COc1c(Cl)cc(CC(C)N)cc1C(C)C. The molecular formula is C13H20ClNO. The number of halogens is 1. The van der Waals surface area contributed by atoms with Crippen LogP contribution in [0.15, 0.2) is 12.1 Å². The van der Waals surface area contributed by atoms with Crippen LogP contribution in [0.3, 0.4) is 0 Å². The number of rotatable bonds is 4. The highest BCUT2D eigenvalue weighted by Gasteiger charge is 2.13. The number of benzene rings is 1. The van der Waals surface area contributed by atoms with Crippen LogP contribution >= 0.6 is 11.6 Å². The molecule has 90 valence electrons. The van der Waals surface area contributed by atoms with Gasteiger partial charge in [-0.25, -0.2) is 0 Å². The second kappa shape index (κ2) is 5.55. The van der Waals surface area contributed by atoms with Crippen LogP contribution in [0.25, 0.3) is 0 Å². The fourth-order valence-corrected chi connectivity index (χ4v) is 2.13. The quantitative estimate of drug-likeness (QED) is 0.877. The molecular weight excluding hydrogens is 222 g/mol. The first-order valence-electron chi connectivity index (χ1n) is 5.57. The van der Waals surface area contributed by atoms with Crippen molar-refractivity contribution < 1.29 is 4.74 Å². The van der Waals surface area contributed by atoms with Crippen LogP contribution in [0.2, 0.25) is 5.02 Å². The highest BCUT2D eigenvalue weighted by molar-refractivity contribution is 6.32. The number of nitrogens with two attached hydrogens (primary N) is 1. The molecule has 0 amide bonds. The lowest BCUT2D eigenvalue weighted by atomic mass is 9.97. The maximum atomic E-state index is 6.20. The molecule has 0 heterocycles. The highest BCUT2D eigenvalue weighted by atomic mass is 35.5. The summed E-state index contributed by atoms with van der Waals surface area (Å²) in [4.78, 5) is 0. The van der Waals surface area contributed by atoms with Crippen LogP contribution in [0.1, 0.15) is 37.8 Å². The molecule has 2 nitrogen and oxygen atoms in total. The van der Waals surface area contributed by atoms with Crippen LogP contribution < -0.4 is 10.5 Å². The Morgan fingerprint density at radius 3 is 2.38 bits per heavy atom. The molecule has 2 N–H and O–H groups in total. The number of hydrogen-bond donors (Lipinski definition) is 1. The molecule has 0 bridgehead atoms. The molecule has 1 aromatic rings. The van der Waals surface area contributed by atoms with Gasteiger partial charge in [0.25, 0.3) is 0 Å². The average Bonchev–Trinajstić information content (AvgIpc) is 2.15. The van der Waals surface area contributed by atoms with Gasteiger partial charge in [-0.15, -0.1) is 0 Å². The molecule has 0 aliphatic rings. The molecule has 1 unspecified atom stereocenters. The first-order chi connectivity index (χ1) is 7.45. The fourth-order valence-electron chi connectivity index (χ4n) is 1.81. The second-order valence-corrected chi connectivity index (χ2v) is 4.94. The van der Waals surface area contributed by atoms with Gasteiger partial charge in [-0.2, -0.15) is 0 Å². The normalized spacial score (nSPS) is 12.9. The Morgan fingerprint density at radius 1 is 1.31 bits per heavy atom. The van der Waals surface area contributed by atoms with Crippen LogP contribution in [0.4, 0.5) is 0 Å². The Labute approximate surface area is 103 Å². The molecule has 1 aromatic carbocycles. The maximum absolute atomic E-state index is 6.20. The van der Waals surface area contributed by atoms with Gasteiger partial charge in [0.1, 0.15) is 5.75 Å². The van der Waals surface area contributed by atoms with E-state index in [2.05, 4.69) is 19.9 Å². The summed E-state index contributed by atoms with van der Waals surface area (Å²) >= 11 is 6.20. The summed E-state index contributed by atoms with van der Waals surface area (Å²) < 4.78 is 5.33. The van der Waals surface area contributed by atoms with Crippen molar-refractivity contribution in [1.82, 2.24) is 0 Å². The topological polar surface area (TPSA) is 35.2 Å². The molecule has 3 heteroatoms. The van der Waals surface area contributed by atoms with E-state index < -0.39 is 0 Å². The molecule has 1 atom stereocenters. The maximum Gasteiger partial charge on any atom is 0.140 e. The third-order valence-electron chi connectivity index (χ3n) is 2.52. The van der Waals surface area contributed by atoms with E-state index in [1.165, 1.54) is 5.56 Å². The van der Waals surface area contributed by atoms with Crippen LogP contribution in [-0.2, 0) is 6.42 Å². The van der Waals surface area contributed by atoms with Crippen LogP contribution in [-0.4, -0.2) is 13.2 Å². The van der Waals surface area contributed by atoms with Crippen LogP contribution in [0, 0.1) is 0 Å². The largest absolute Gasteiger partial charge is 0.495 e. The van der Waals surface area contributed by atoms with Crippen molar-refractivity contribution in [2.45, 2.75) is 39.2 Å². The summed E-state index contributed by atoms with van der Waals surface area (Å²) in [5.41, 5.74) is 8.11. The molecule has 0 aliphatic carbocycles. The van der Waals surface area contributed by atoms with E-state index in [1.807, 2.05) is 13.0 Å². The van der Waals surface area contributed by atoms with Crippen molar-refractivity contribution in [3.8, 4) is 5.75 Å². The van der Waals surface area contributed by atoms with E-state index in [1.54, 1.807) is 7.11 Å². The van der Waals surface area contributed by atoms with Gasteiger partial charge in [0, 0.05) is 6.04 Å². The summed E-state index contributed by atoms with van der Waals surface area (Å²) in [6.45, 7) is 6.25. The summed E-state index contributed by atoms with van der Waals surface area (Å²) in [7, 11) is 1.65. The predicted molar refractivity (Wildman–Crippen MR) is 69.4 cm³/mol. The standard InChI is InChI=1S/C13H20ClNO/c1-8(2)11-6-10(5-9(3)15)7-12(14)13(11)16-4/h6-9H,5,15H2,1-4H3. The number of hydrogen-bond acceptors (Lipinski definition) is 2. The summed E-state index contributed by atoms with van der Waals surface area (Å²) in [5.74, 6) is 1.17. The zero-order valence-corrected chi connectivity index (χ0v) is 11.1. The molecule has 0 fully saturated rings. The van der Waals surface area contributed by atoms with Crippen molar-refractivity contribution in [1.29, 1.82) is 0 Å². The minimum atomic E-state index is 0.143.